The van der Waals surface area contributed by atoms with Crippen LogP contribution in [-0.4, -0.2) is 36.5 Å². The molecule has 0 spiro atoms. The molecule has 0 aromatic carbocycles. The van der Waals surface area contributed by atoms with Crippen molar-refractivity contribution in [1.29, 1.82) is 0 Å². The summed E-state index contributed by atoms with van der Waals surface area (Å²) >= 11 is 0. The molecule has 2 aliphatic heterocycles. The summed E-state index contributed by atoms with van der Waals surface area (Å²) in [5.74, 6) is 0.395. The predicted octanol–water partition coefficient (Wildman–Crippen LogP) is 2.19. The Kier molecular flexibility index (Phi) is 3.63. The average Bonchev–Trinajstić information content (AvgIpc) is 2.96. The van der Waals surface area contributed by atoms with Crippen LogP contribution in [0.25, 0.3) is 0 Å². The van der Waals surface area contributed by atoms with Crippen molar-refractivity contribution in [3.05, 3.63) is 23.5 Å². The van der Waals surface area contributed by atoms with Gasteiger partial charge in [-0.1, -0.05) is 0 Å². The van der Waals surface area contributed by atoms with E-state index in [2.05, 4.69) is 44.8 Å². The van der Waals surface area contributed by atoms with Crippen LogP contribution in [0.1, 0.15) is 51.4 Å². The molecule has 0 bridgehead atoms. The molecule has 2 saturated heterocycles. The summed E-state index contributed by atoms with van der Waals surface area (Å²) < 4.78 is 17.8. The van der Waals surface area contributed by atoms with Gasteiger partial charge in [0, 0.05) is 23.9 Å². The molecule has 114 valence electrons. The summed E-state index contributed by atoms with van der Waals surface area (Å²) in [5.41, 5.74) is 2.53. The van der Waals surface area contributed by atoms with Crippen molar-refractivity contribution in [2.24, 2.45) is 0 Å². The van der Waals surface area contributed by atoms with Crippen LogP contribution < -0.4 is 5.46 Å². The summed E-state index contributed by atoms with van der Waals surface area (Å²) in [7, 11) is -0.322. The van der Waals surface area contributed by atoms with Gasteiger partial charge in [-0.3, -0.25) is 4.98 Å². The molecule has 0 amide bonds. The first-order valence-corrected chi connectivity index (χ1v) is 7.70. The highest BCUT2D eigenvalue weighted by Crippen LogP contribution is 2.36. The average molecular weight is 289 g/mol. The fourth-order valence-electron chi connectivity index (χ4n) is 2.81. The van der Waals surface area contributed by atoms with Crippen LogP contribution in [0.3, 0.4) is 0 Å². The maximum absolute atomic E-state index is 6.14. The van der Waals surface area contributed by atoms with Gasteiger partial charge in [-0.2, -0.15) is 0 Å². The van der Waals surface area contributed by atoms with Crippen molar-refractivity contribution in [2.75, 3.05) is 13.2 Å². The normalized spacial score (nSPS) is 27.3. The maximum Gasteiger partial charge on any atom is 0.494 e. The number of hydrogen-bond acceptors (Lipinski definition) is 4. The number of ether oxygens (including phenoxy) is 1. The maximum atomic E-state index is 6.14. The molecule has 5 heteroatoms. The number of hydrogen-bond donors (Lipinski definition) is 0. The Balaban J connectivity index is 1.89. The lowest BCUT2D eigenvalue weighted by atomic mass is 9.78. The van der Waals surface area contributed by atoms with Gasteiger partial charge < -0.3 is 14.0 Å². The molecule has 1 aromatic rings. The van der Waals surface area contributed by atoms with Crippen molar-refractivity contribution in [3.63, 3.8) is 0 Å². The third kappa shape index (κ3) is 2.74. The molecule has 1 aromatic heterocycles. The van der Waals surface area contributed by atoms with Gasteiger partial charge in [0.25, 0.3) is 0 Å². The predicted molar refractivity (Wildman–Crippen MR) is 82.9 cm³/mol. The molecule has 3 heterocycles. The first-order chi connectivity index (χ1) is 9.78. The second-order valence-electron chi connectivity index (χ2n) is 7.12. The number of aryl methyl sites for hydroxylation is 1. The second kappa shape index (κ2) is 5.08. The molecular weight excluding hydrogens is 265 g/mol. The Morgan fingerprint density at radius 2 is 1.81 bits per heavy atom. The first kappa shape index (κ1) is 15.0. The molecule has 0 aliphatic carbocycles. The third-order valence-corrected chi connectivity index (χ3v) is 4.87. The highest BCUT2D eigenvalue weighted by molar-refractivity contribution is 6.62. The van der Waals surface area contributed by atoms with E-state index in [1.165, 1.54) is 0 Å². The van der Waals surface area contributed by atoms with Gasteiger partial charge in [-0.15, -0.1) is 0 Å². The van der Waals surface area contributed by atoms with E-state index in [-0.39, 0.29) is 18.3 Å². The van der Waals surface area contributed by atoms with Crippen LogP contribution >= 0.6 is 0 Å². The molecule has 0 N–H and O–H groups in total. The Hall–Kier alpha value is -0.905. The molecular formula is C16H24BNO3. The summed E-state index contributed by atoms with van der Waals surface area (Å²) in [4.78, 5) is 4.67. The molecule has 3 rings (SSSR count). The number of nitrogens with zero attached hydrogens (tertiary/aromatic N) is 1. The number of pyridine rings is 1. The molecule has 2 fully saturated rings. The van der Waals surface area contributed by atoms with Gasteiger partial charge in [0.15, 0.2) is 0 Å². The zero-order valence-electron chi connectivity index (χ0n) is 13.6. The van der Waals surface area contributed by atoms with E-state index in [1.54, 1.807) is 0 Å². The van der Waals surface area contributed by atoms with E-state index in [9.17, 15) is 0 Å². The van der Waals surface area contributed by atoms with Gasteiger partial charge >= 0.3 is 7.12 Å². The first-order valence-electron chi connectivity index (χ1n) is 7.70. The standard InChI is InChI=1S/C16H24BNO3/c1-11-8-13(9-14(18-11)12-6-7-19-10-12)17-20-15(2,3)16(4,5)21-17/h8-9,12H,6-7,10H2,1-5H3. The lowest BCUT2D eigenvalue weighted by molar-refractivity contribution is 0.00578. The van der Waals surface area contributed by atoms with E-state index in [0.29, 0.717) is 5.92 Å². The molecule has 1 atom stereocenters. The lowest BCUT2D eigenvalue weighted by Crippen LogP contribution is -2.41. The second-order valence-corrected chi connectivity index (χ2v) is 7.12. The van der Waals surface area contributed by atoms with Crippen LogP contribution in [0.15, 0.2) is 12.1 Å². The zero-order chi connectivity index (χ0) is 15.3. The minimum atomic E-state index is -0.322. The summed E-state index contributed by atoms with van der Waals surface area (Å²) in [5, 5.41) is 0. The molecule has 21 heavy (non-hydrogen) atoms. The van der Waals surface area contributed by atoms with E-state index in [1.807, 2.05) is 6.92 Å². The smallest absolute Gasteiger partial charge is 0.399 e. The topological polar surface area (TPSA) is 40.6 Å². The monoisotopic (exact) mass is 289 g/mol. The SMILES string of the molecule is Cc1cc(B2OC(C)(C)C(C)(C)O2)cc(C2CCOC2)n1. The Bertz CT molecular complexity index is 522. The summed E-state index contributed by atoms with van der Waals surface area (Å²) in [6, 6.07) is 4.18. The number of aromatic nitrogens is 1. The van der Waals surface area contributed by atoms with E-state index >= 15 is 0 Å². The molecule has 2 aliphatic rings. The van der Waals surface area contributed by atoms with Crippen molar-refractivity contribution in [1.82, 2.24) is 4.98 Å². The largest absolute Gasteiger partial charge is 0.494 e. The van der Waals surface area contributed by atoms with Gasteiger partial charge in [0.2, 0.25) is 0 Å². The van der Waals surface area contributed by atoms with Gasteiger partial charge in [0.1, 0.15) is 0 Å². The zero-order valence-corrected chi connectivity index (χ0v) is 13.6. The van der Waals surface area contributed by atoms with Crippen LogP contribution in [0.2, 0.25) is 0 Å². The van der Waals surface area contributed by atoms with Gasteiger partial charge in [-0.25, -0.2) is 0 Å². The van der Waals surface area contributed by atoms with Crippen molar-refractivity contribution in [2.45, 2.75) is 58.2 Å². The molecule has 1 unspecified atom stereocenters. The molecule has 0 saturated carbocycles. The van der Waals surface area contributed by atoms with Crippen molar-refractivity contribution < 1.29 is 14.0 Å². The van der Waals surface area contributed by atoms with Crippen LogP contribution in [0.5, 0.6) is 0 Å². The minimum Gasteiger partial charge on any atom is -0.399 e. The number of rotatable bonds is 2. The Morgan fingerprint density at radius 3 is 2.38 bits per heavy atom. The highest BCUT2D eigenvalue weighted by atomic mass is 16.7. The summed E-state index contributed by atoms with van der Waals surface area (Å²) in [6.45, 7) is 11.9. The quantitative estimate of drug-likeness (QED) is 0.783. The molecule has 4 nitrogen and oxygen atoms in total. The van der Waals surface area contributed by atoms with Crippen molar-refractivity contribution >= 4 is 12.6 Å². The molecule has 0 radical (unpaired) electrons. The van der Waals surface area contributed by atoms with Crippen molar-refractivity contribution in [3.8, 4) is 0 Å². The fraction of sp³-hybridized carbons (Fsp3) is 0.688. The highest BCUT2D eigenvalue weighted by Gasteiger charge is 2.51. The van der Waals surface area contributed by atoms with Crippen LogP contribution in [-0.2, 0) is 14.0 Å². The minimum absolute atomic E-state index is 0.314. The van der Waals surface area contributed by atoms with E-state index in [4.69, 9.17) is 14.0 Å². The van der Waals surface area contributed by atoms with Gasteiger partial charge in [-0.05, 0) is 58.6 Å². The van der Waals surface area contributed by atoms with Crippen LogP contribution in [0.4, 0.5) is 0 Å². The van der Waals surface area contributed by atoms with E-state index < -0.39 is 0 Å². The Labute approximate surface area is 127 Å². The third-order valence-electron chi connectivity index (χ3n) is 4.87. The van der Waals surface area contributed by atoms with Crippen LogP contribution in [0, 0.1) is 6.92 Å². The fourth-order valence-corrected chi connectivity index (χ4v) is 2.81. The lowest BCUT2D eigenvalue weighted by Gasteiger charge is -2.32. The summed E-state index contributed by atoms with van der Waals surface area (Å²) in [6.07, 6.45) is 1.04. The Morgan fingerprint density at radius 1 is 1.14 bits per heavy atom. The van der Waals surface area contributed by atoms with Gasteiger partial charge in [0.05, 0.1) is 17.8 Å². The van der Waals surface area contributed by atoms with E-state index in [0.717, 1.165) is 36.5 Å².